The zero-order chi connectivity index (χ0) is 27.0. The summed E-state index contributed by atoms with van der Waals surface area (Å²) < 4.78 is 16.7. The first-order chi connectivity index (χ1) is 18.4. The van der Waals surface area contributed by atoms with Gasteiger partial charge in [0, 0.05) is 33.9 Å². The number of dihydropyridines is 1. The number of allylic oxidation sites excluding steroid dienone is 2. The minimum absolute atomic E-state index is 0.0992. The van der Waals surface area contributed by atoms with Crippen molar-refractivity contribution in [2.45, 2.75) is 19.4 Å². The van der Waals surface area contributed by atoms with Crippen molar-refractivity contribution in [1.82, 2.24) is 5.32 Å². The number of fused-ring (bicyclic) bond motifs is 2. The molecule has 190 valence electrons. The number of methoxy groups -OCH3 is 2. The molecule has 3 aromatic rings. The summed E-state index contributed by atoms with van der Waals surface area (Å²) in [5, 5.41) is 12.9. The van der Waals surface area contributed by atoms with Crippen LogP contribution in [0.3, 0.4) is 0 Å². The molecule has 8 heteroatoms. The molecule has 0 aromatic heterocycles. The SMILES string of the molecule is COC(=O)C1=C(C)NC2=C(C(=O)c3ccccc32)[C@H]1c1cc(Cl)c(OCc2ccccc2C#N)c(OC)c1. The van der Waals surface area contributed by atoms with E-state index in [-0.39, 0.29) is 23.2 Å². The van der Waals surface area contributed by atoms with Gasteiger partial charge < -0.3 is 19.5 Å². The molecule has 2 aliphatic rings. The Morgan fingerprint density at radius 3 is 2.50 bits per heavy atom. The molecule has 0 saturated heterocycles. The number of ketones is 1. The van der Waals surface area contributed by atoms with Gasteiger partial charge in [0.25, 0.3) is 0 Å². The fraction of sp³-hybridized carbons (Fsp3) is 0.167. The second kappa shape index (κ2) is 10.1. The van der Waals surface area contributed by atoms with Gasteiger partial charge in [-0.15, -0.1) is 0 Å². The first-order valence-corrected chi connectivity index (χ1v) is 12.2. The third-order valence-corrected chi connectivity index (χ3v) is 7.03. The third-order valence-electron chi connectivity index (χ3n) is 6.75. The number of nitrogens with one attached hydrogen (secondary N) is 1. The third kappa shape index (κ3) is 4.09. The first-order valence-electron chi connectivity index (χ1n) is 11.8. The number of nitrogens with zero attached hydrogens (tertiary/aromatic N) is 1. The number of rotatable bonds is 6. The smallest absolute Gasteiger partial charge is 0.336 e. The van der Waals surface area contributed by atoms with Crippen LogP contribution in [0, 0.1) is 11.3 Å². The standard InChI is InChI=1S/C30H23ClN2O5/c1-16-24(30(35)37-3)25(26-27(33-16)20-10-6-7-11-21(20)28(26)34)19-12-22(31)29(23(13-19)36-2)38-15-18-9-5-4-8-17(18)14-32/h4-13,25,33H,15H2,1-3H3/t25-/m0/s1. The number of esters is 1. The molecule has 0 fully saturated rings. The van der Waals surface area contributed by atoms with E-state index in [1.54, 1.807) is 43.3 Å². The molecule has 38 heavy (non-hydrogen) atoms. The van der Waals surface area contributed by atoms with E-state index >= 15 is 0 Å². The van der Waals surface area contributed by atoms with E-state index in [2.05, 4.69) is 11.4 Å². The number of Topliss-reactive ketones (excluding diaryl/α,β-unsaturated/α-hetero) is 1. The molecule has 0 radical (unpaired) electrons. The lowest BCUT2D eigenvalue weighted by Crippen LogP contribution is -2.29. The maximum Gasteiger partial charge on any atom is 0.336 e. The predicted octanol–water partition coefficient (Wildman–Crippen LogP) is 5.54. The summed E-state index contributed by atoms with van der Waals surface area (Å²) in [5.41, 5.74) is 5.08. The molecule has 3 aromatic carbocycles. The maximum absolute atomic E-state index is 13.6. The molecule has 0 spiro atoms. The van der Waals surface area contributed by atoms with Gasteiger partial charge >= 0.3 is 5.97 Å². The zero-order valence-electron chi connectivity index (χ0n) is 20.9. The van der Waals surface area contributed by atoms with Crippen LogP contribution in [0.1, 0.15) is 45.5 Å². The Balaban J connectivity index is 1.61. The highest BCUT2D eigenvalue weighted by molar-refractivity contribution is 6.32. The second-order valence-corrected chi connectivity index (χ2v) is 9.25. The van der Waals surface area contributed by atoms with Crippen molar-refractivity contribution in [2.24, 2.45) is 0 Å². The second-order valence-electron chi connectivity index (χ2n) is 8.84. The number of carbonyl (C=O) groups excluding carboxylic acids is 2. The van der Waals surface area contributed by atoms with Gasteiger partial charge in [-0.3, -0.25) is 4.79 Å². The minimum atomic E-state index is -0.752. The quantitative estimate of drug-likeness (QED) is 0.421. The lowest BCUT2D eigenvalue weighted by Gasteiger charge is -2.29. The summed E-state index contributed by atoms with van der Waals surface area (Å²) in [6.07, 6.45) is 0. The van der Waals surface area contributed by atoms with Gasteiger partial charge in [-0.2, -0.15) is 5.26 Å². The molecule has 1 aliphatic heterocycles. The molecule has 0 amide bonds. The highest BCUT2D eigenvalue weighted by Gasteiger charge is 2.43. The molecule has 5 rings (SSSR count). The summed E-state index contributed by atoms with van der Waals surface area (Å²) in [4.78, 5) is 26.6. The van der Waals surface area contributed by atoms with Crippen LogP contribution >= 0.6 is 11.6 Å². The van der Waals surface area contributed by atoms with Crippen molar-refractivity contribution in [1.29, 1.82) is 5.26 Å². The van der Waals surface area contributed by atoms with Crippen molar-refractivity contribution in [3.05, 3.63) is 110 Å². The molecule has 7 nitrogen and oxygen atoms in total. The fourth-order valence-electron chi connectivity index (χ4n) is 4.99. The van der Waals surface area contributed by atoms with Gasteiger partial charge in [0.15, 0.2) is 17.3 Å². The number of benzene rings is 3. The number of ether oxygens (including phenoxy) is 3. The van der Waals surface area contributed by atoms with Gasteiger partial charge in [-0.1, -0.05) is 54.1 Å². The van der Waals surface area contributed by atoms with Crippen LogP contribution < -0.4 is 14.8 Å². The number of hydrogen-bond acceptors (Lipinski definition) is 7. The Morgan fingerprint density at radius 1 is 1.08 bits per heavy atom. The van der Waals surface area contributed by atoms with Crippen molar-refractivity contribution < 1.29 is 23.8 Å². The first kappa shape index (κ1) is 25.1. The van der Waals surface area contributed by atoms with Gasteiger partial charge in [0.2, 0.25) is 0 Å². The molecule has 0 unspecified atom stereocenters. The molecule has 1 N–H and O–H groups in total. The van der Waals surface area contributed by atoms with Crippen LogP contribution in [0.25, 0.3) is 5.70 Å². The van der Waals surface area contributed by atoms with Crippen LogP contribution in [0.2, 0.25) is 5.02 Å². The summed E-state index contributed by atoms with van der Waals surface area (Å²) in [6.45, 7) is 1.87. The van der Waals surface area contributed by atoms with Crippen LogP contribution in [0.5, 0.6) is 11.5 Å². The largest absolute Gasteiger partial charge is 0.493 e. The Labute approximate surface area is 224 Å². The van der Waals surface area contributed by atoms with E-state index in [4.69, 9.17) is 25.8 Å². The fourth-order valence-corrected chi connectivity index (χ4v) is 5.27. The molecule has 1 atom stereocenters. The van der Waals surface area contributed by atoms with Crippen molar-refractivity contribution in [2.75, 3.05) is 14.2 Å². The van der Waals surface area contributed by atoms with E-state index in [9.17, 15) is 14.9 Å². The average Bonchev–Trinajstić information content (AvgIpc) is 3.22. The number of halogens is 1. The normalized spacial score (nSPS) is 15.9. The highest BCUT2D eigenvalue weighted by Crippen LogP contribution is 2.49. The average molecular weight is 527 g/mol. The molecular formula is C30H23ClN2O5. The van der Waals surface area contributed by atoms with E-state index in [0.29, 0.717) is 50.5 Å². The highest BCUT2D eigenvalue weighted by atomic mass is 35.5. The Kier molecular flexibility index (Phi) is 6.66. The Bertz CT molecular complexity index is 1600. The van der Waals surface area contributed by atoms with E-state index in [1.807, 2.05) is 24.3 Å². The Morgan fingerprint density at radius 2 is 1.79 bits per heavy atom. The summed E-state index contributed by atoms with van der Waals surface area (Å²) in [7, 11) is 2.79. The van der Waals surface area contributed by atoms with Crippen molar-refractivity contribution >= 4 is 29.1 Å². The molecule has 1 aliphatic carbocycles. The van der Waals surface area contributed by atoms with E-state index in [1.165, 1.54) is 14.2 Å². The lowest BCUT2D eigenvalue weighted by atomic mass is 9.79. The lowest BCUT2D eigenvalue weighted by molar-refractivity contribution is -0.136. The summed E-state index contributed by atoms with van der Waals surface area (Å²) >= 11 is 6.72. The maximum atomic E-state index is 13.6. The van der Waals surface area contributed by atoms with Gasteiger partial charge in [0.1, 0.15) is 6.61 Å². The summed E-state index contributed by atoms with van der Waals surface area (Å²) in [5.74, 6) is -0.870. The number of nitriles is 1. The van der Waals surface area contributed by atoms with E-state index < -0.39 is 11.9 Å². The summed E-state index contributed by atoms with van der Waals surface area (Å²) in [6, 6.07) is 20.0. The van der Waals surface area contributed by atoms with Crippen LogP contribution in [0.4, 0.5) is 0 Å². The molecule has 0 saturated carbocycles. The van der Waals surface area contributed by atoms with Gasteiger partial charge in [-0.25, -0.2) is 4.79 Å². The molecule has 0 bridgehead atoms. The van der Waals surface area contributed by atoms with Crippen molar-refractivity contribution in [3.63, 3.8) is 0 Å². The van der Waals surface area contributed by atoms with E-state index in [0.717, 1.165) is 5.56 Å². The van der Waals surface area contributed by atoms with Crippen LogP contribution in [-0.4, -0.2) is 26.0 Å². The van der Waals surface area contributed by atoms with Crippen LogP contribution in [-0.2, 0) is 16.1 Å². The zero-order valence-corrected chi connectivity index (χ0v) is 21.7. The monoisotopic (exact) mass is 526 g/mol. The molecular weight excluding hydrogens is 504 g/mol. The number of hydrogen-bond donors (Lipinski definition) is 1. The minimum Gasteiger partial charge on any atom is -0.493 e. The topological polar surface area (TPSA) is 97.6 Å². The van der Waals surface area contributed by atoms with Gasteiger partial charge in [-0.05, 0) is 30.7 Å². The predicted molar refractivity (Wildman–Crippen MR) is 142 cm³/mol. The van der Waals surface area contributed by atoms with Crippen molar-refractivity contribution in [3.8, 4) is 17.6 Å². The number of carbonyl (C=O) groups is 2. The molecule has 1 heterocycles. The Hall–Kier alpha value is -4.54. The van der Waals surface area contributed by atoms with Gasteiger partial charge in [0.05, 0.1) is 42.1 Å². The van der Waals surface area contributed by atoms with Crippen LogP contribution in [0.15, 0.2) is 77.5 Å².